The highest BCUT2D eigenvalue weighted by Crippen LogP contribution is 2.27. The number of primary amides is 1. The highest BCUT2D eigenvalue weighted by Gasteiger charge is 2.27. The van der Waals surface area contributed by atoms with Gasteiger partial charge >= 0.3 is 0 Å². The van der Waals surface area contributed by atoms with Crippen LogP contribution in [0.2, 0.25) is 0 Å². The van der Waals surface area contributed by atoms with Crippen LogP contribution in [0.25, 0.3) is 11.2 Å². The maximum Gasteiger partial charge on any atom is 0.240 e. The molecular weight excluding hydrogens is 292 g/mol. The van der Waals surface area contributed by atoms with E-state index in [2.05, 4.69) is 9.97 Å². The number of rotatable bonds is 6. The number of methoxy groups -OCH3 is 1. The number of pyridine rings is 1. The summed E-state index contributed by atoms with van der Waals surface area (Å²) in [7, 11) is 1.54. The Kier molecular flexibility index (Phi) is 4.67. The molecule has 2 heterocycles. The van der Waals surface area contributed by atoms with Crippen molar-refractivity contribution in [3.63, 3.8) is 0 Å². The summed E-state index contributed by atoms with van der Waals surface area (Å²) < 4.78 is 6.94. The lowest BCUT2D eigenvalue weighted by molar-refractivity contribution is -0.122. The summed E-state index contributed by atoms with van der Waals surface area (Å²) in [6.07, 6.45) is 0.538. The number of carbonyl (C=O) groups is 1. The molecule has 0 saturated carbocycles. The van der Waals surface area contributed by atoms with Crippen LogP contribution in [0.5, 0.6) is 5.88 Å². The molecule has 0 aromatic carbocycles. The fourth-order valence-corrected chi connectivity index (χ4v) is 2.59. The van der Waals surface area contributed by atoms with Crippen LogP contribution in [0.15, 0.2) is 12.1 Å². The average Bonchev–Trinajstić information content (AvgIpc) is 2.76. The van der Waals surface area contributed by atoms with E-state index in [9.17, 15) is 4.79 Å². The first-order valence-corrected chi connectivity index (χ1v) is 7.30. The maximum atomic E-state index is 11.9. The normalized spacial score (nSPS) is 12.8. The van der Waals surface area contributed by atoms with Gasteiger partial charge in [0.05, 0.1) is 7.11 Å². The van der Waals surface area contributed by atoms with Crippen LogP contribution in [0.4, 0.5) is 0 Å². The zero-order valence-electron chi connectivity index (χ0n) is 12.3. The van der Waals surface area contributed by atoms with Gasteiger partial charge in [-0.05, 0) is 12.0 Å². The zero-order chi connectivity index (χ0) is 15.6. The van der Waals surface area contributed by atoms with E-state index in [-0.39, 0.29) is 5.92 Å². The van der Waals surface area contributed by atoms with Gasteiger partial charge in [0, 0.05) is 18.4 Å². The Morgan fingerprint density at radius 2 is 2.14 bits per heavy atom. The quantitative estimate of drug-likeness (QED) is 0.826. The molecule has 6 nitrogen and oxygen atoms in total. The van der Waals surface area contributed by atoms with Gasteiger partial charge in [0.15, 0.2) is 5.65 Å². The van der Waals surface area contributed by atoms with Crippen molar-refractivity contribution in [3.8, 4) is 5.88 Å². The van der Waals surface area contributed by atoms with Gasteiger partial charge in [-0.3, -0.25) is 9.36 Å². The number of ether oxygens (including phenoxy) is 1. The van der Waals surface area contributed by atoms with Crippen LogP contribution >= 0.6 is 11.6 Å². The van der Waals surface area contributed by atoms with Crippen LogP contribution in [0.3, 0.4) is 0 Å². The van der Waals surface area contributed by atoms with Crippen LogP contribution in [0, 0.1) is 5.92 Å². The Morgan fingerprint density at radius 1 is 1.43 bits per heavy atom. The van der Waals surface area contributed by atoms with E-state index in [0.717, 1.165) is 0 Å². The number of fused-ring (bicyclic) bond motifs is 1. The Labute approximate surface area is 128 Å². The number of alkyl halides is 1. The topological polar surface area (TPSA) is 83.0 Å². The molecule has 0 saturated heterocycles. The van der Waals surface area contributed by atoms with Crippen molar-refractivity contribution in [2.45, 2.75) is 26.3 Å². The molecule has 2 aromatic rings. The van der Waals surface area contributed by atoms with Crippen molar-refractivity contribution in [1.82, 2.24) is 14.5 Å². The number of aryl methyl sites for hydroxylation is 1. The Balaban J connectivity index is 2.71. The number of nitrogens with zero attached hydrogens (tertiary/aromatic N) is 3. The highest BCUT2D eigenvalue weighted by molar-refractivity contribution is 6.17. The van der Waals surface area contributed by atoms with Gasteiger partial charge < -0.3 is 10.5 Å². The number of halogens is 1. The molecule has 0 bridgehead atoms. The number of carbonyl (C=O) groups excluding carboxylic acids is 1. The third-order valence-corrected chi connectivity index (χ3v) is 3.50. The maximum absolute atomic E-state index is 11.9. The lowest BCUT2D eigenvalue weighted by atomic mass is 10.0. The standard InChI is InChI=1S/C14H19ClN4O2/c1-8(2)12(13(16)20)19-10(6-7-15)17-9-4-5-11(21-3)18-14(9)19/h4-5,8,12H,6-7H2,1-3H3,(H2,16,20). The summed E-state index contributed by atoms with van der Waals surface area (Å²) >= 11 is 5.84. The number of hydrogen-bond donors (Lipinski definition) is 1. The summed E-state index contributed by atoms with van der Waals surface area (Å²) in [6, 6.07) is 3.03. The van der Waals surface area contributed by atoms with Crippen LogP contribution in [0.1, 0.15) is 25.7 Å². The molecule has 2 rings (SSSR count). The number of amides is 1. The van der Waals surface area contributed by atoms with Gasteiger partial charge in [-0.15, -0.1) is 11.6 Å². The van der Waals surface area contributed by atoms with Crippen LogP contribution < -0.4 is 10.5 Å². The van der Waals surface area contributed by atoms with Crippen molar-refractivity contribution < 1.29 is 9.53 Å². The minimum absolute atomic E-state index is 0.0157. The fraction of sp³-hybridized carbons (Fsp3) is 0.500. The SMILES string of the molecule is COc1ccc2nc(CCCl)n(C(C(N)=O)C(C)C)c2n1. The zero-order valence-corrected chi connectivity index (χ0v) is 13.1. The summed E-state index contributed by atoms with van der Waals surface area (Å²) in [5.41, 5.74) is 6.86. The van der Waals surface area contributed by atoms with Gasteiger partial charge in [-0.1, -0.05) is 13.8 Å². The molecule has 2 aromatic heterocycles. The molecule has 0 aliphatic carbocycles. The number of imidazole rings is 1. The second-order valence-electron chi connectivity index (χ2n) is 5.12. The Hall–Kier alpha value is -1.82. The first-order valence-electron chi connectivity index (χ1n) is 6.76. The van der Waals surface area contributed by atoms with Crippen LogP contribution in [-0.2, 0) is 11.2 Å². The van der Waals surface area contributed by atoms with Crippen molar-refractivity contribution in [2.75, 3.05) is 13.0 Å². The summed E-state index contributed by atoms with van der Waals surface area (Å²) in [4.78, 5) is 20.8. The summed E-state index contributed by atoms with van der Waals surface area (Å²) in [6.45, 7) is 3.87. The molecule has 0 aliphatic heterocycles. The Bertz CT molecular complexity index is 654. The third-order valence-electron chi connectivity index (χ3n) is 3.31. The molecule has 1 unspecified atom stereocenters. The van der Waals surface area contributed by atoms with Gasteiger partial charge in [-0.2, -0.15) is 4.98 Å². The highest BCUT2D eigenvalue weighted by atomic mass is 35.5. The fourth-order valence-electron chi connectivity index (χ4n) is 2.42. The van der Waals surface area contributed by atoms with E-state index < -0.39 is 11.9 Å². The smallest absolute Gasteiger partial charge is 0.240 e. The lowest BCUT2D eigenvalue weighted by Gasteiger charge is -2.21. The molecule has 0 radical (unpaired) electrons. The first kappa shape index (κ1) is 15.6. The van der Waals surface area contributed by atoms with Crippen molar-refractivity contribution >= 4 is 28.7 Å². The van der Waals surface area contributed by atoms with Crippen molar-refractivity contribution in [1.29, 1.82) is 0 Å². The van der Waals surface area contributed by atoms with Crippen molar-refractivity contribution in [3.05, 3.63) is 18.0 Å². The monoisotopic (exact) mass is 310 g/mol. The van der Waals surface area contributed by atoms with E-state index in [0.29, 0.717) is 35.2 Å². The molecule has 114 valence electrons. The minimum atomic E-state index is -0.521. The summed E-state index contributed by atoms with van der Waals surface area (Å²) in [5, 5.41) is 0. The molecule has 1 atom stereocenters. The average molecular weight is 311 g/mol. The first-order chi connectivity index (χ1) is 9.99. The third kappa shape index (κ3) is 2.95. The van der Waals surface area contributed by atoms with E-state index >= 15 is 0 Å². The predicted octanol–water partition coefficient (Wildman–Crippen LogP) is 1.90. The van der Waals surface area contributed by atoms with Gasteiger partial charge in [0.2, 0.25) is 11.8 Å². The van der Waals surface area contributed by atoms with Gasteiger partial charge in [-0.25, -0.2) is 4.98 Å². The predicted molar refractivity (Wildman–Crippen MR) is 81.6 cm³/mol. The van der Waals surface area contributed by atoms with E-state index in [4.69, 9.17) is 22.1 Å². The number of hydrogen-bond acceptors (Lipinski definition) is 4. The Morgan fingerprint density at radius 3 is 2.67 bits per heavy atom. The second kappa shape index (κ2) is 6.30. The van der Waals surface area contributed by atoms with Gasteiger partial charge in [0.1, 0.15) is 17.4 Å². The van der Waals surface area contributed by atoms with E-state index in [1.165, 1.54) is 0 Å². The molecule has 2 N–H and O–H groups in total. The van der Waals surface area contributed by atoms with Crippen LogP contribution in [-0.4, -0.2) is 33.4 Å². The largest absolute Gasteiger partial charge is 0.481 e. The molecule has 21 heavy (non-hydrogen) atoms. The molecule has 7 heteroatoms. The molecule has 1 amide bonds. The van der Waals surface area contributed by atoms with Crippen molar-refractivity contribution in [2.24, 2.45) is 11.7 Å². The molecule has 0 spiro atoms. The molecular formula is C14H19ClN4O2. The number of aromatic nitrogens is 3. The van der Waals surface area contributed by atoms with Gasteiger partial charge in [0.25, 0.3) is 0 Å². The lowest BCUT2D eigenvalue weighted by Crippen LogP contribution is -2.31. The number of nitrogens with two attached hydrogens (primary N) is 1. The molecule has 0 fully saturated rings. The van der Waals surface area contributed by atoms with E-state index in [1.54, 1.807) is 17.7 Å². The van der Waals surface area contributed by atoms with E-state index in [1.807, 2.05) is 19.9 Å². The second-order valence-corrected chi connectivity index (χ2v) is 5.50. The summed E-state index contributed by atoms with van der Waals surface area (Å²) in [5.74, 6) is 1.18. The minimum Gasteiger partial charge on any atom is -0.481 e. The molecule has 0 aliphatic rings.